The fourth-order valence-corrected chi connectivity index (χ4v) is 3.89. The van der Waals surface area contributed by atoms with E-state index in [1.807, 2.05) is 25.1 Å². The maximum Gasteiger partial charge on any atom is 0.279 e. The zero-order chi connectivity index (χ0) is 20.1. The predicted molar refractivity (Wildman–Crippen MR) is 108 cm³/mol. The van der Waals surface area contributed by atoms with Gasteiger partial charge in [-0.1, -0.05) is 17.7 Å². The number of rotatable bonds is 6. The molecular formula is C21H27ClFN3O2+2. The first-order valence-electron chi connectivity index (χ1n) is 9.50. The predicted octanol–water partition coefficient (Wildman–Crippen LogP) is 0.718. The Kier molecular flexibility index (Phi) is 6.88. The van der Waals surface area contributed by atoms with Gasteiger partial charge in [0.15, 0.2) is 6.54 Å². The zero-order valence-corrected chi connectivity index (χ0v) is 17.0. The van der Waals surface area contributed by atoms with Crippen LogP contribution in [0.15, 0.2) is 36.4 Å². The number of nitrogens with one attached hydrogen (secondary N) is 3. The largest absolute Gasteiger partial charge is 0.496 e. The summed E-state index contributed by atoms with van der Waals surface area (Å²) in [4.78, 5) is 15.0. The summed E-state index contributed by atoms with van der Waals surface area (Å²) in [5, 5.41) is 3.46. The summed E-state index contributed by atoms with van der Waals surface area (Å²) in [6, 6.07) is 10.2. The van der Waals surface area contributed by atoms with Gasteiger partial charge < -0.3 is 19.9 Å². The van der Waals surface area contributed by atoms with Crippen molar-refractivity contribution in [2.75, 3.05) is 45.2 Å². The van der Waals surface area contributed by atoms with E-state index in [1.165, 1.54) is 15.9 Å². The van der Waals surface area contributed by atoms with Gasteiger partial charge in [-0.25, -0.2) is 4.39 Å². The molecule has 0 aliphatic carbocycles. The number of quaternary nitrogens is 2. The minimum atomic E-state index is -0.245. The summed E-state index contributed by atoms with van der Waals surface area (Å²) in [7, 11) is 1.60. The highest BCUT2D eigenvalue weighted by molar-refractivity contribution is 6.33. The van der Waals surface area contributed by atoms with Crippen LogP contribution in [0.3, 0.4) is 0 Å². The molecule has 0 radical (unpaired) electrons. The minimum absolute atomic E-state index is 0.0315. The number of aryl methyl sites for hydroxylation is 1. The van der Waals surface area contributed by atoms with Gasteiger partial charge in [0.1, 0.15) is 44.3 Å². The van der Waals surface area contributed by atoms with Gasteiger partial charge in [-0.05, 0) is 42.8 Å². The van der Waals surface area contributed by atoms with E-state index in [4.69, 9.17) is 16.3 Å². The van der Waals surface area contributed by atoms with E-state index >= 15 is 0 Å². The standard InChI is InChI=1S/C21H25ClFN3O2/c1-15-3-5-19(18(22)11-15)24-21(27)14-26-9-7-25(8-10-26)13-16-12-17(23)4-6-20(16)28-2/h3-6,11-12H,7-10,13-14H2,1-2H3,(H,24,27)/p+2. The van der Waals surface area contributed by atoms with Gasteiger partial charge in [0.2, 0.25) is 0 Å². The van der Waals surface area contributed by atoms with Crippen LogP contribution in [0, 0.1) is 12.7 Å². The number of carbonyl (C=O) groups is 1. The maximum atomic E-state index is 13.5. The van der Waals surface area contributed by atoms with Crippen molar-refractivity contribution in [2.45, 2.75) is 13.5 Å². The maximum absolute atomic E-state index is 13.5. The van der Waals surface area contributed by atoms with Crippen molar-refractivity contribution in [3.05, 3.63) is 58.4 Å². The zero-order valence-electron chi connectivity index (χ0n) is 16.3. The van der Waals surface area contributed by atoms with Crippen LogP contribution in [-0.2, 0) is 11.3 Å². The van der Waals surface area contributed by atoms with Gasteiger partial charge in [0, 0.05) is 0 Å². The Morgan fingerprint density at radius 3 is 2.54 bits per heavy atom. The van der Waals surface area contributed by atoms with Crippen LogP contribution in [0.4, 0.5) is 10.1 Å². The molecule has 0 aromatic heterocycles. The summed E-state index contributed by atoms with van der Waals surface area (Å²) in [6.07, 6.45) is 0. The Morgan fingerprint density at radius 1 is 1.14 bits per heavy atom. The molecule has 3 rings (SSSR count). The number of methoxy groups -OCH3 is 1. The molecule has 7 heteroatoms. The van der Waals surface area contributed by atoms with Gasteiger partial charge in [0.05, 0.1) is 23.4 Å². The van der Waals surface area contributed by atoms with Crippen LogP contribution in [0.25, 0.3) is 0 Å². The highest BCUT2D eigenvalue weighted by atomic mass is 35.5. The highest BCUT2D eigenvalue weighted by Crippen LogP contribution is 2.22. The first-order valence-corrected chi connectivity index (χ1v) is 9.88. The lowest BCUT2D eigenvalue weighted by Crippen LogP contribution is -3.28. The Balaban J connectivity index is 1.49. The van der Waals surface area contributed by atoms with E-state index < -0.39 is 0 Å². The second-order valence-corrected chi connectivity index (χ2v) is 7.75. The number of piperazine rings is 1. The Hall–Kier alpha value is -2.15. The van der Waals surface area contributed by atoms with Crippen molar-refractivity contribution >= 4 is 23.2 Å². The van der Waals surface area contributed by atoms with Crippen LogP contribution in [-0.4, -0.2) is 45.7 Å². The minimum Gasteiger partial charge on any atom is -0.496 e. The second-order valence-electron chi connectivity index (χ2n) is 7.34. The molecule has 1 saturated heterocycles. The van der Waals surface area contributed by atoms with Crippen LogP contribution in [0.1, 0.15) is 11.1 Å². The molecule has 1 fully saturated rings. The highest BCUT2D eigenvalue weighted by Gasteiger charge is 2.26. The normalized spacial score (nSPS) is 19.3. The van der Waals surface area contributed by atoms with E-state index in [9.17, 15) is 9.18 Å². The number of hydrogen-bond acceptors (Lipinski definition) is 2. The number of carbonyl (C=O) groups excluding carboxylic acids is 1. The molecule has 1 aliphatic rings. The smallest absolute Gasteiger partial charge is 0.279 e. The topological polar surface area (TPSA) is 47.2 Å². The van der Waals surface area contributed by atoms with Crippen molar-refractivity contribution in [2.24, 2.45) is 0 Å². The summed E-state index contributed by atoms with van der Waals surface area (Å²) in [6.45, 7) is 6.73. The van der Waals surface area contributed by atoms with Crippen LogP contribution < -0.4 is 19.9 Å². The van der Waals surface area contributed by atoms with E-state index in [-0.39, 0.29) is 11.7 Å². The average molecular weight is 408 g/mol. The molecule has 0 bridgehead atoms. The summed E-state index contributed by atoms with van der Waals surface area (Å²) >= 11 is 6.19. The van der Waals surface area contributed by atoms with Crippen LogP contribution in [0.5, 0.6) is 5.75 Å². The van der Waals surface area contributed by atoms with E-state index in [2.05, 4.69) is 5.32 Å². The monoisotopic (exact) mass is 407 g/mol. The summed E-state index contributed by atoms with van der Waals surface area (Å²) in [5.41, 5.74) is 2.59. The Bertz CT molecular complexity index is 838. The number of halogens is 2. The van der Waals surface area contributed by atoms with Crippen molar-refractivity contribution in [3.8, 4) is 5.75 Å². The summed E-state index contributed by atoms with van der Waals surface area (Å²) in [5.74, 6) is 0.444. The molecule has 1 aliphatic heterocycles. The van der Waals surface area contributed by atoms with Crippen molar-refractivity contribution in [3.63, 3.8) is 0 Å². The number of benzene rings is 2. The van der Waals surface area contributed by atoms with Crippen LogP contribution >= 0.6 is 11.6 Å². The van der Waals surface area contributed by atoms with E-state index in [0.29, 0.717) is 17.3 Å². The fraction of sp³-hybridized carbons (Fsp3) is 0.381. The lowest BCUT2D eigenvalue weighted by atomic mass is 10.1. The number of hydrogen-bond donors (Lipinski definition) is 3. The van der Waals surface area contributed by atoms with Crippen LogP contribution in [0.2, 0.25) is 5.02 Å². The number of amides is 1. The molecule has 150 valence electrons. The third kappa shape index (κ3) is 5.44. The van der Waals surface area contributed by atoms with Gasteiger partial charge >= 0.3 is 0 Å². The molecule has 1 heterocycles. The average Bonchev–Trinajstić information content (AvgIpc) is 2.66. The van der Waals surface area contributed by atoms with Gasteiger partial charge in [-0.2, -0.15) is 0 Å². The molecule has 0 unspecified atom stereocenters. The molecule has 0 spiro atoms. The molecule has 2 aromatic carbocycles. The van der Waals surface area contributed by atoms with Gasteiger partial charge in [-0.3, -0.25) is 4.79 Å². The molecule has 5 nitrogen and oxygen atoms in total. The first-order chi connectivity index (χ1) is 13.4. The summed E-state index contributed by atoms with van der Waals surface area (Å²) < 4.78 is 18.9. The fourth-order valence-electron chi connectivity index (χ4n) is 3.61. The van der Waals surface area contributed by atoms with E-state index in [0.717, 1.165) is 49.6 Å². The molecule has 2 aromatic rings. The van der Waals surface area contributed by atoms with E-state index in [1.54, 1.807) is 19.2 Å². The van der Waals surface area contributed by atoms with Gasteiger partial charge in [0.25, 0.3) is 5.91 Å². The SMILES string of the molecule is COc1ccc(F)cc1C[NH+]1CC[NH+](CC(=O)Nc2ccc(C)cc2Cl)CC1. The molecule has 28 heavy (non-hydrogen) atoms. The first kappa shape index (κ1) is 20.6. The number of anilines is 1. The number of ether oxygens (including phenoxy) is 1. The van der Waals surface area contributed by atoms with Crippen molar-refractivity contribution in [1.82, 2.24) is 0 Å². The lowest BCUT2D eigenvalue weighted by molar-refractivity contribution is -1.02. The quantitative estimate of drug-likeness (QED) is 0.661. The Labute approximate surface area is 170 Å². The lowest BCUT2D eigenvalue weighted by Gasteiger charge is -2.29. The third-order valence-electron chi connectivity index (χ3n) is 5.16. The van der Waals surface area contributed by atoms with Gasteiger partial charge in [-0.15, -0.1) is 0 Å². The second kappa shape index (κ2) is 9.37. The molecule has 0 atom stereocenters. The molecule has 0 saturated carbocycles. The molecule has 3 N–H and O–H groups in total. The molecule has 1 amide bonds. The van der Waals surface area contributed by atoms with Crippen molar-refractivity contribution < 1.29 is 23.7 Å². The third-order valence-corrected chi connectivity index (χ3v) is 5.47. The molecular weight excluding hydrogens is 381 g/mol. The Morgan fingerprint density at radius 2 is 1.86 bits per heavy atom. The van der Waals surface area contributed by atoms with Crippen molar-refractivity contribution in [1.29, 1.82) is 0 Å².